The SMILES string of the molecule is Cc1cc(C(C)(C)C)cc(C(C)(C)C)c1N1[CH-]N(c2[c-]c(Oc3[c-]c4c(cc3)c3ccc5sc6ccccc6c5c3n4-c3ccccn3)ccc2)C(c2ccccc2)=C1c1ccccc1.[Pt]. The van der Waals surface area contributed by atoms with E-state index in [4.69, 9.17) is 9.72 Å². The number of aromatic nitrogens is 2. The average molecular weight is 1060 g/mol. The Morgan fingerprint density at radius 3 is 1.95 bits per heavy atom. The third-order valence-corrected chi connectivity index (χ3v) is 13.6. The van der Waals surface area contributed by atoms with Gasteiger partial charge in [-0.05, 0) is 75.2 Å². The maximum absolute atomic E-state index is 6.80. The van der Waals surface area contributed by atoms with Crippen LogP contribution in [-0.4, -0.2) is 9.55 Å². The van der Waals surface area contributed by atoms with E-state index in [1.54, 1.807) is 0 Å². The van der Waals surface area contributed by atoms with Crippen LogP contribution < -0.4 is 14.5 Å². The van der Waals surface area contributed by atoms with E-state index in [1.807, 2.05) is 47.9 Å². The predicted octanol–water partition coefficient (Wildman–Crippen LogP) is 15.8. The fourth-order valence-electron chi connectivity index (χ4n) is 9.41. The molecule has 0 N–H and O–H groups in total. The van der Waals surface area contributed by atoms with Gasteiger partial charge in [0.25, 0.3) is 0 Å². The predicted molar refractivity (Wildman–Crippen MR) is 273 cm³/mol. The molecule has 11 rings (SSSR count). The summed E-state index contributed by atoms with van der Waals surface area (Å²) in [7, 11) is 0. The first-order chi connectivity index (χ1) is 31.4. The quantitative estimate of drug-likeness (QED) is 0.149. The van der Waals surface area contributed by atoms with Crippen LogP contribution in [0.3, 0.4) is 0 Å². The summed E-state index contributed by atoms with van der Waals surface area (Å²) in [6.45, 7) is 18.3. The van der Waals surface area contributed by atoms with Crippen LogP contribution in [0.5, 0.6) is 11.5 Å². The second kappa shape index (κ2) is 16.8. The van der Waals surface area contributed by atoms with Gasteiger partial charge >= 0.3 is 0 Å². The van der Waals surface area contributed by atoms with Gasteiger partial charge in [0.15, 0.2) is 0 Å². The number of aryl methyl sites for hydroxylation is 1. The molecule has 4 heterocycles. The van der Waals surface area contributed by atoms with E-state index < -0.39 is 0 Å². The van der Waals surface area contributed by atoms with Crippen LogP contribution in [0.1, 0.15) is 69.4 Å². The summed E-state index contributed by atoms with van der Waals surface area (Å²) in [5.74, 6) is 2.02. The maximum Gasteiger partial charge on any atom is 0.135 e. The maximum atomic E-state index is 6.80. The largest absolute Gasteiger partial charge is 0.509 e. The number of thiophene rings is 1. The third kappa shape index (κ3) is 7.51. The molecule has 0 radical (unpaired) electrons. The van der Waals surface area contributed by atoms with Gasteiger partial charge in [-0.1, -0.05) is 150 Å². The van der Waals surface area contributed by atoms with Crippen LogP contribution in [0.15, 0.2) is 164 Å². The average Bonchev–Trinajstić information content (AvgIpc) is 3.99. The molecule has 3 aromatic heterocycles. The molecule has 7 aromatic carbocycles. The summed E-state index contributed by atoms with van der Waals surface area (Å²) in [5.41, 5.74) is 12.2. The molecule has 66 heavy (non-hydrogen) atoms. The summed E-state index contributed by atoms with van der Waals surface area (Å²) in [5, 5.41) is 4.71. The van der Waals surface area contributed by atoms with Crippen molar-refractivity contribution in [2.75, 3.05) is 9.80 Å². The van der Waals surface area contributed by atoms with Gasteiger partial charge in [0.05, 0.1) is 5.52 Å². The van der Waals surface area contributed by atoms with Gasteiger partial charge in [-0.3, -0.25) is 0 Å². The zero-order valence-corrected chi connectivity index (χ0v) is 41.2. The Hall–Kier alpha value is -6.46. The number of hydrogen-bond donors (Lipinski definition) is 0. The Labute approximate surface area is 405 Å². The van der Waals surface area contributed by atoms with Gasteiger partial charge in [-0.2, -0.15) is 12.1 Å². The van der Waals surface area contributed by atoms with Crippen molar-refractivity contribution >= 4 is 76.1 Å². The Bertz CT molecular complexity index is 3470. The van der Waals surface area contributed by atoms with Crippen molar-refractivity contribution in [3.63, 3.8) is 0 Å². The molecule has 0 fully saturated rings. The summed E-state index contributed by atoms with van der Waals surface area (Å²) in [6.07, 6.45) is 1.85. The van der Waals surface area contributed by atoms with Crippen LogP contribution in [0, 0.1) is 25.7 Å². The van der Waals surface area contributed by atoms with Gasteiger partial charge < -0.3 is 19.1 Å². The van der Waals surface area contributed by atoms with E-state index in [2.05, 4.69) is 209 Å². The molecule has 1 aliphatic heterocycles. The summed E-state index contributed by atoms with van der Waals surface area (Å²) in [4.78, 5) is 9.56. The van der Waals surface area contributed by atoms with Crippen molar-refractivity contribution in [1.29, 1.82) is 0 Å². The van der Waals surface area contributed by atoms with Crippen molar-refractivity contribution in [2.24, 2.45) is 0 Å². The monoisotopic (exact) mass is 1060 g/mol. The molecule has 1 aliphatic rings. The molecule has 0 unspecified atom stereocenters. The molecule has 0 saturated heterocycles. The van der Waals surface area contributed by atoms with Crippen molar-refractivity contribution in [1.82, 2.24) is 9.55 Å². The number of ether oxygens (including phenoxy) is 1. The van der Waals surface area contributed by atoms with E-state index in [0.29, 0.717) is 11.5 Å². The molecule has 7 heteroatoms. The summed E-state index contributed by atoms with van der Waals surface area (Å²) >= 11 is 1.82. The molecule has 330 valence electrons. The van der Waals surface area contributed by atoms with Crippen molar-refractivity contribution in [3.05, 3.63) is 211 Å². The van der Waals surface area contributed by atoms with Crippen LogP contribution in [0.25, 0.3) is 59.2 Å². The van der Waals surface area contributed by atoms with E-state index in [1.165, 1.54) is 42.6 Å². The van der Waals surface area contributed by atoms with E-state index >= 15 is 0 Å². The smallest absolute Gasteiger partial charge is 0.135 e. The van der Waals surface area contributed by atoms with Crippen LogP contribution in [0.2, 0.25) is 0 Å². The first kappa shape index (κ1) is 43.4. The zero-order valence-electron chi connectivity index (χ0n) is 38.1. The summed E-state index contributed by atoms with van der Waals surface area (Å²) < 4.78 is 11.5. The number of hydrogen-bond acceptors (Lipinski definition) is 5. The van der Waals surface area contributed by atoms with Gasteiger partial charge in [-0.25, -0.2) is 4.98 Å². The Kier molecular flexibility index (Phi) is 11.0. The number of benzene rings is 7. The Balaban J connectivity index is 0.00000511. The van der Waals surface area contributed by atoms with E-state index in [-0.39, 0.29) is 31.9 Å². The number of rotatable bonds is 7. The molecular weight excluding hydrogens is 1010 g/mol. The van der Waals surface area contributed by atoms with E-state index in [9.17, 15) is 0 Å². The minimum atomic E-state index is -0.138. The second-order valence-corrected chi connectivity index (χ2v) is 20.1. The fourth-order valence-corrected chi connectivity index (χ4v) is 10.5. The Morgan fingerprint density at radius 2 is 1.26 bits per heavy atom. The van der Waals surface area contributed by atoms with Gasteiger partial charge in [-0.15, -0.1) is 59.4 Å². The van der Waals surface area contributed by atoms with Crippen LogP contribution in [-0.2, 0) is 31.9 Å². The fraction of sp³-hybridized carbons (Fsp3) is 0.153. The second-order valence-electron chi connectivity index (χ2n) is 19.0. The van der Waals surface area contributed by atoms with Crippen molar-refractivity contribution in [3.8, 4) is 17.3 Å². The van der Waals surface area contributed by atoms with E-state index in [0.717, 1.165) is 55.8 Å². The molecule has 0 saturated carbocycles. The molecule has 0 atom stereocenters. The van der Waals surface area contributed by atoms with Crippen molar-refractivity contribution < 1.29 is 25.8 Å². The minimum absolute atomic E-state index is 0. The third-order valence-electron chi connectivity index (χ3n) is 12.5. The molecule has 10 aromatic rings. The normalized spacial score (nSPS) is 13.4. The first-order valence-electron chi connectivity index (χ1n) is 22.3. The molecule has 0 amide bonds. The first-order valence-corrected chi connectivity index (χ1v) is 23.1. The summed E-state index contributed by atoms with van der Waals surface area (Å²) in [6, 6.07) is 63.2. The van der Waals surface area contributed by atoms with Gasteiger partial charge in [0.2, 0.25) is 0 Å². The van der Waals surface area contributed by atoms with Gasteiger partial charge in [0, 0.05) is 76.0 Å². The number of nitrogens with zero attached hydrogens (tertiary/aromatic N) is 4. The zero-order chi connectivity index (χ0) is 44.6. The molecule has 0 aliphatic carbocycles. The molecule has 0 spiro atoms. The minimum Gasteiger partial charge on any atom is -0.509 e. The molecular formula is C59H49N4OPtS-3. The molecule has 0 bridgehead atoms. The van der Waals surface area contributed by atoms with Crippen LogP contribution in [0.4, 0.5) is 11.4 Å². The molecule has 5 nitrogen and oxygen atoms in total. The number of anilines is 2. The van der Waals surface area contributed by atoms with Crippen LogP contribution >= 0.6 is 11.3 Å². The van der Waals surface area contributed by atoms with Gasteiger partial charge in [0.1, 0.15) is 5.82 Å². The standard InChI is InChI=1S/C59H49N4OS.Pt/c1-38-33-41(58(2,3)4)34-48(59(5,6)7)54(38)62-37-61(55(39-19-10-8-11-20-39)56(62)40-21-12-9-13-22-40)42-23-18-24-43(35-42)64-44-28-29-45-46-30-31-51-53(47-25-14-15-26-50(47)65-51)57(46)63(49(45)36-44)52-27-16-17-32-60-52;/h8-34,37H,1-7H3;/q-3;. The number of pyridine rings is 1. The number of fused-ring (bicyclic) bond motifs is 7. The Morgan fingerprint density at radius 1 is 0.591 bits per heavy atom. The van der Waals surface area contributed by atoms with Crippen molar-refractivity contribution in [2.45, 2.75) is 59.3 Å². The topological polar surface area (TPSA) is 33.5 Å².